The van der Waals surface area contributed by atoms with Crippen molar-refractivity contribution in [3.05, 3.63) is 34.3 Å². The minimum absolute atomic E-state index is 0.0859. The third kappa shape index (κ3) is 3.91. The van der Waals surface area contributed by atoms with Gasteiger partial charge in [-0.15, -0.1) is 22.2 Å². The van der Waals surface area contributed by atoms with Gasteiger partial charge in [0.2, 0.25) is 0 Å². The van der Waals surface area contributed by atoms with Crippen molar-refractivity contribution in [2.24, 2.45) is 0 Å². The Morgan fingerprint density at radius 3 is 2.43 bits per heavy atom. The van der Waals surface area contributed by atoms with E-state index in [2.05, 4.69) is 15.9 Å². The van der Waals surface area contributed by atoms with Crippen LogP contribution in [-0.2, 0) is 4.43 Å². The first-order valence-electron chi connectivity index (χ1n) is 4.20. The van der Waals surface area contributed by atoms with E-state index >= 15 is 0 Å². The van der Waals surface area contributed by atoms with Crippen LogP contribution in [0.4, 0.5) is 0 Å². The standard InChI is InChI=1S/C9H11BrCl2OSi/c1-7(13-14(2,11)12)8-5-3-4-6-9(8)10/h3-7H,1-2H3/t7-/m0/s1. The Morgan fingerprint density at radius 2 is 1.93 bits per heavy atom. The number of hydrogen-bond acceptors (Lipinski definition) is 1. The molecule has 0 saturated carbocycles. The molecule has 0 radical (unpaired) electrons. The van der Waals surface area contributed by atoms with Crippen LogP contribution in [0.1, 0.15) is 18.6 Å². The van der Waals surface area contributed by atoms with Gasteiger partial charge in [0, 0.05) is 4.47 Å². The van der Waals surface area contributed by atoms with Crippen LogP contribution < -0.4 is 0 Å². The molecular formula is C9H11BrCl2OSi. The molecule has 1 aromatic carbocycles. The number of benzene rings is 1. The molecule has 1 nitrogen and oxygen atoms in total. The Hall–Kier alpha value is 0.457. The van der Waals surface area contributed by atoms with E-state index in [0.29, 0.717) is 0 Å². The first kappa shape index (κ1) is 12.5. The van der Waals surface area contributed by atoms with Crippen molar-refractivity contribution in [2.45, 2.75) is 19.6 Å². The Labute approximate surface area is 103 Å². The molecule has 5 heteroatoms. The highest BCUT2D eigenvalue weighted by molar-refractivity contribution is 9.10. The number of halogens is 3. The third-order valence-electron chi connectivity index (χ3n) is 1.73. The van der Waals surface area contributed by atoms with E-state index in [1.54, 1.807) is 6.55 Å². The summed E-state index contributed by atoms with van der Waals surface area (Å²) >= 11 is 15.2. The van der Waals surface area contributed by atoms with E-state index in [1.165, 1.54) is 0 Å². The lowest BCUT2D eigenvalue weighted by atomic mass is 10.1. The van der Waals surface area contributed by atoms with Crippen LogP contribution in [-0.4, -0.2) is 6.94 Å². The quantitative estimate of drug-likeness (QED) is 0.586. The van der Waals surface area contributed by atoms with Gasteiger partial charge in [-0.2, -0.15) is 0 Å². The van der Waals surface area contributed by atoms with Gasteiger partial charge in [-0.25, -0.2) is 0 Å². The van der Waals surface area contributed by atoms with Crippen LogP contribution >= 0.6 is 38.1 Å². The minimum Gasteiger partial charge on any atom is -0.385 e. The van der Waals surface area contributed by atoms with Gasteiger partial charge in [0.1, 0.15) is 0 Å². The van der Waals surface area contributed by atoms with Crippen molar-refractivity contribution in [1.29, 1.82) is 0 Å². The fourth-order valence-corrected chi connectivity index (χ4v) is 3.34. The van der Waals surface area contributed by atoms with Crippen LogP contribution in [0.5, 0.6) is 0 Å². The largest absolute Gasteiger partial charge is 0.386 e. The zero-order chi connectivity index (χ0) is 10.8. The maximum absolute atomic E-state index is 5.90. The molecule has 0 aromatic heterocycles. The van der Waals surface area contributed by atoms with Crippen molar-refractivity contribution in [3.63, 3.8) is 0 Å². The fourth-order valence-electron chi connectivity index (χ4n) is 1.18. The maximum Gasteiger partial charge on any atom is 0.386 e. The van der Waals surface area contributed by atoms with Crippen LogP contribution in [0, 0.1) is 0 Å². The topological polar surface area (TPSA) is 9.23 Å². The van der Waals surface area contributed by atoms with Crippen LogP contribution in [0.25, 0.3) is 0 Å². The summed E-state index contributed by atoms with van der Waals surface area (Å²) < 4.78 is 6.56. The molecule has 0 saturated heterocycles. The lowest BCUT2D eigenvalue weighted by molar-refractivity contribution is 0.232. The average Bonchev–Trinajstić information content (AvgIpc) is 2.01. The summed E-state index contributed by atoms with van der Waals surface area (Å²) in [5.41, 5.74) is 1.06. The van der Waals surface area contributed by atoms with E-state index in [-0.39, 0.29) is 6.10 Å². The summed E-state index contributed by atoms with van der Waals surface area (Å²) in [6.45, 7) is 1.18. The van der Waals surface area contributed by atoms with Gasteiger partial charge in [-0.3, -0.25) is 0 Å². The Morgan fingerprint density at radius 1 is 1.36 bits per heavy atom. The van der Waals surface area contributed by atoms with Crippen molar-refractivity contribution in [1.82, 2.24) is 0 Å². The zero-order valence-electron chi connectivity index (χ0n) is 7.93. The van der Waals surface area contributed by atoms with E-state index in [4.69, 9.17) is 26.6 Å². The lowest BCUT2D eigenvalue weighted by Crippen LogP contribution is -2.21. The Kier molecular flexibility index (Phi) is 4.46. The predicted octanol–water partition coefficient (Wildman–Crippen LogP) is 4.57. The molecule has 0 amide bonds. The maximum atomic E-state index is 5.90. The predicted molar refractivity (Wildman–Crippen MR) is 67.0 cm³/mol. The highest BCUT2D eigenvalue weighted by Gasteiger charge is 2.26. The summed E-state index contributed by atoms with van der Waals surface area (Å²) in [6.07, 6.45) is -0.0859. The van der Waals surface area contributed by atoms with Crippen molar-refractivity contribution in [2.75, 3.05) is 0 Å². The van der Waals surface area contributed by atoms with Crippen LogP contribution in [0.15, 0.2) is 28.7 Å². The van der Waals surface area contributed by atoms with Gasteiger partial charge >= 0.3 is 6.94 Å². The SMILES string of the molecule is C[C@H](O[Si](C)(Cl)Cl)c1ccccc1Br. The van der Waals surface area contributed by atoms with Crippen LogP contribution in [0.3, 0.4) is 0 Å². The summed E-state index contributed by atoms with van der Waals surface area (Å²) in [5, 5.41) is 0. The molecule has 78 valence electrons. The lowest BCUT2D eigenvalue weighted by Gasteiger charge is -2.20. The van der Waals surface area contributed by atoms with Gasteiger partial charge in [-0.1, -0.05) is 34.1 Å². The molecule has 14 heavy (non-hydrogen) atoms. The summed E-state index contributed by atoms with van der Waals surface area (Å²) in [5.74, 6) is 0. The average molecular weight is 314 g/mol. The van der Waals surface area contributed by atoms with Gasteiger partial charge in [0.05, 0.1) is 6.10 Å². The van der Waals surface area contributed by atoms with E-state index in [9.17, 15) is 0 Å². The molecule has 1 atom stereocenters. The molecule has 0 aliphatic rings. The fraction of sp³-hybridized carbons (Fsp3) is 0.333. The van der Waals surface area contributed by atoms with E-state index < -0.39 is 6.94 Å². The molecule has 0 N–H and O–H groups in total. The van der Waals surface area contributed by atoms with Crippen LogP contribution in [0.2, 0.25) is 6.55 Å². The molecule has 0 aliphatic heterocycles. The zero-order valence-corrected chi connectivity index (χ0v) is 12.0. The highest BCUT2D eigenvalue weighted by Crippen LogP contribution is 2.30. The molecule has 0 spiro atoms. The molecule has 0 unspecified atom stereocenters. The summed E-state index contributed by atoms with van der Waals surface area (Å²) in [4.78, 5) is 0. The second-order valence-electron chi connectivity index (χ2n) is 3.09. The first-order chi connectivity index (χ1) is 6.40. The molecule has 0 aliphatic carbocycles. The molecule has 1 aromatic rings. The highest BCUT2D eigenvalue weighted by atomic mass is 79.9. The van der Waals surface area contributed by atoms with E-state index in [0.717, 1.165) is 10.0 Å². The third-order valence-corrected chi connectivity index (χ3v) is 3.75. The molecular weight excluding hydrogens is 303 g/mol. The Bertz CT molecular complexity index is 314. The van der Waals surface area contributed by atoms with Gasteiger partial charge in [-0.05, 0) is 25.1 Å². The van der Waals surface area contributed by atoms with Gasteiger partial charge < -0.3 is 4.43 Å². The molecule has 1 rings (SSSR count). The second kappa shape index (κ2) is 4.99. The van der Waals surface area contributed by atoms with Gasteiger partial charge in [0.15, 0.2) is 0 Å². The normalized spacial score (nSPS) is 14.1. The molecule has 0 fully saturated rings. The van der Waals surface area contributed by atoms with Crippen molar-refractivity contribution < 1.29 is 4.43 Å². The monoisotopic (exact) mass is 312 g/mol. The Balaban J connectivity index is 2.80. The summed E-state index contributed by atoms with van der Waals surface area (Å²) in [7, 11) is 0. The van der Waals surface area contributed by atoms with Crippen molar-refractivity contribution in [3.8, 4) is 0 Å². The number of hydrogen-bond donors (Lipinski definition) is 0. The first-order valence-corrected chi connectivity index (χ1v) is 9.43. The number of rotatable bonds is 3. The van der Waals surface area contributed by atoms with E-state index in [1.807, 2.05) is 31.2 Å². The molecule has 0 bridgehead atoms. The smallest absolute Gasteiger partial charge is 0.385 e. The van der Waals surface area contributed by atoms with Gasteiger partial charge in [0.25, 0.3) is 0 Å². The second-order valence-corrected chi connectivity index (χ2v) is 10.7. The van der Waals surface area contributed by atoms with Crippen molar-refractivity contribution >= 4 is 45.0 Å². The molecule has 0 heterocycles. The minimum atomic E-state index is -2.50. The summed E-state index contributed by atoms with van der Waals surface area (Å²) in [6, 6.07) is 7.87.